The lowest BCUT2D eigenvalue weighted by molar-refractivity contribution is 0.303. The molecule has 0 atom stereocenters. The molecule has 1 aromatic heterocycles. The van der Waals surface area contributed by atoms with Crippen molar-refractivity contribution in [2.75, 3.05) is 31.5 Å². The van der Waals surface area contributed by atoms with Gasteiger partial charge in [0.25, 0.3) is 0 Å². The van der Waals surface area contributed by atoms with Gasteiger partial charge in [-0.15, -0.1) is 11.3 Å². The molecule has 0 fully saturated rings. The molecule has 0 radical (unpaired) electrons. The highest BCUT2D eigenvalue weighted by Gasteiger charge is 2.00. The van der Waals surface area contributed by atoms with E-state index in [1.807, 2.05) is 5.38 Å². The number of hydrogen-bond donors (Lipinski definition) is 1. The fourth-order valence-corrected chi connectivity index (χ4v) is 2.55. The molecule has 0 spiro atoms. The summed E-state index contributed by atoms with van der Waals surface area (Å²) in [6.45, 7) is 8.84. The molecule has 86 valence electrons. The van der Waals surface area contributed by atoms with Crippen LogP contribution in [0.3, 0.4) is 0 Å². The topological polar surface area (TPSA) is 28.2 Å². The van der Waals surface area contributed by atoms with Gasteiger partial charge in [0.2, 0.25) is 0 Å². The van der Waals surface area contributed by atoms with Crippen LogP contribution in [0, 0.1) is 0 Å². The first kappa shape index (κ1) is 12.9. The summed E-state index contributed by atoms with van der Waals surface area (Å²) in [5.74, 6) is 0. The zero-order chi connectivity index (χ0) is 11.1. The summed E-state index contributed by atoms with van der Waals surface area (Å²) in [6, 6.07) is 0. The van der Waals surface area contributed by atoms with Crippen LogP contribution in [-0.2, 0) is 0 Å². The van der Waals surface area contributed by atoms with Gasteiger partial charge in [-0.25, -0.2) is 4.98 Å². The molecule has 15 heavy (non-hydrogen) atoms. The molecule has 1 aromatic rings. The zero-order valence-electron chi connectivity index (χ0n) is 9.29. The van der Waals surface area contributed by atoms with Gasteiger partial charge in [-0.05, 0) is 42.0 Å². The molecule has 0 bridgehead atoms. The van der Waals surface area contributed by atoms with E-state index in [1.54, 1.807) is 11.3 Å². The third kappa shape index (κ3) is 4.95. The standard InChI is InChI=1S/C10H18BrN3S/c1-3-14(4-2)7-5-6-12-10-13-9(11)8-15-10/h8H,3-7H2,1-2H3,(H,12,13). The van der Waals surface area contributed by atoms with Crippen LogP contribution in [0.1, 0.15) is 20.3 Å². The summed E-state index contributed by atoms with van der Waals surface area (Å²) >= 11 is 4.97. The third-order valence-electron chi connectivity index (χ3n) is 2.30. The number of nitrogens with one attached hydrogen (secondary N) is 1. The molecule has 1 rings (SSSR count). The van der Waals surface area contributed by atoms with E-state index < -0.39 is 0 Å². The molecule has 0 aliphatic rings. The molecule has 0 aromatic carbocycles. The normalized spacial score (nSPS) is 10.9. The Balaban J connectivity index is 2.11. The van der Waals surface area contributed by atoms with Crippen molar-refractivity contribution >= 4 is 32.4 Å². The van der Waals surface area contributed by atoms with Crippen LogP contribution >= 0.6 is 27.3 Å². The maximum absolute atomic E-state index is 4.28. The van der Waals surface area contributed by atoms with Crippen LogP contribution in [0.4, 0.5) is 5.13 Å². The van der Waals surface area contributed by atoms with E-state index in [-0.39, 0.29) is 0 Å². The maximum Gasteiger partial charge on any atom is 0.183 e. The number of hydrogen-bond acceptors (Lipinski definition) is 4. The Hall–Kier alpha value is -0.130. The Labute approximate surface area is 104 Å². The minimum Gasteiger partial charge on any atom is -0.361 e. The summed E-state index contributed by atoms with van der Waals surface area (Å²) in [5, 5.41) is 6.31. The van der Waals surface area contributed by atoms with Crippen LogP contribution < -0.4 is 5.32 Å². The molecule has 0 aliphatic heterocycles. The largest absolute Gasteiger partial charge is 0.361 e. The van der Waals surface area contributed by atoms with Gasteiger partial charge in [-0.1, -0.05) is 13.8 Å². The molecule has 0 aliphatic carbocycles. The molecular weight excluding hydrogens is 274 g/mol. The Kier molecular flexibility index (Phi) is 6.20. The lowest BCUT2D eigenvalue weighted by Crippen LogP contribution is -2.25. The third-order valence-corrected chi connectivity index (χ3v) is 3.81. The summed E-state index contributed by atoms with van der Waals surface area (Å²) < 4.78 is 0.916. The smallest absolute Gasteiger partial charge is 0.183 e. The lowest BCUT2D eigenvalue weighted by Gasteiger charge is -2.17. The predicted molar refractivity (Wildman–Crippen MR) is 70.7 cm³/mol. The van der Waals surface area contributed by atoms with Crippen molar-refractivity contribution in [3.8, 4) is 0 Å². The minimum atomic E-state index is 0.916. The quantitative estimate of drug-likeness (QED) is 0.783. The van der Waals surface area contributed by atoms with Crippen LogP contribution in [0.2, 0.25) is 0 Å². The average Bonchev–Trinajstić information content (AvgIpc) is 2.65. The van der Waals surface area contributed by atoms with Crippen molar-refractivity contribution in [1.82, 2.24) is 9.88 Å². The van der Waals surface area contributed by atoms with Gasteiger partial charge in [-0.3, -0.25) is 0 Å². The van der Waals surface area contributed by atoms with Crippen molar-refractivity contribution in [3.05, 3.63) is 9.98 Å². The number of nitrogens with zero attached hydrogens (tertiary/aromatic N) is 2. The minimum absolute atomic E-state index is 0.916. The van der Waals surface area contributed by atoms with Crippen molar-refractivity contribution in [2.45, 2.75) is 20.3 Å². The molecule has 5 heteroatoms. The number of aromatic nitrogens is 1. The van der Waals surface area contributed by atoms with Crippen molar-refractivity contribution in [2.24, 2.45) is 0 Å². The fourth-order valence-electron chi connectivity index (χ4n) is 1.37. The Morgan fingerprint density at radius 2 is 2.20 bits per heavy atom. The van der Waals surface area contributed by atoms with Crippen molar-refractivity contribution in [3.63, 3.8) is 0 Å². The Morgan fingerprint density at radius 1 is 1.47 bits per heavy atom. The summed E-state index contributed by atoms with van der Waals surface area (Å²) in [6.07, 6.45) is 1.17. The fraction of sp³-hybridized carbons (Fsp3) is 0.700. The number of rotatable bonds is 7. The van der Waals surface area contributed by atoms with Crippen molar-refractivity contribution < 1.29 is 0 Å². The van der Waals surface area contributed by atoms with Crippen molar-refractivity contribution in [1.29, 1.82) is 0 Å². The molecule has 0 amide bonds. The van der Waals surface area contributed by atoms with Crippen LogP contribution in [0.5, 0.6) is 0 Å². The second-order valence-electron chi connectivity index (χ2n) is 3.28. The number of thiazole rings is 1. The highest BCUT2D eigenvalue weighted by Crippen LogP contribution is 2.18. The van der Waals surface area contributed by atoms with Gasteiger partial charge in [0, 0.05) is 11.9 Å². The summed E-state index contributed by atoms with van der Waals surface area (Å²) in [4.78, 5) is 6.71. The van der Waals surface area contributed by atoms with Gasteiger partial charge in [0.1, 0.15) is 4.60 Å². The number of halogens is 1. The summed E-state index contributed by atoms with van der Waals surface area (Å²) in [5.41, 5.74) is 0. The van der Waals surface area contributed by atoms with E-state index in [2.05, 4.69) is 45.0 Å². The predicted octanol–water partition coefficient (Wildman–Crippen LogP) is 3.05. The van der Waals surface area contributed by atoms with Gasteiger partial charge in [0.15, 0.2) is 5.13 Å². The van der Waals surface area contributed by atoms with Gasteiger partial charge < -0.3 is 10.2 Å². The average molecular weight is 292 g/mol. The zero-order valence-corrected chi connectivity index (χ0v) is 11.7. The van der Waals surface area contributed by atoms with E-state index in [0.717, 1.165) is 35.9 Å². The SMILES string of the molecule is CCN(CC)CCCNc1nc(Br)cs1. The molecule has 1 N–H and O–H groups in total. The molecule has 0 saturated heterocycles. The van der Waals surface area contributed by atoms with E-state index in [0.29, 0.717) is 0 Å². The second kappa shape index (κ2) is 7.19. The second-order valence-corrected chi connectivity index (χ2v) is 4.95. The molecular formula is C10H18BrN3S. The summed E-state index contributed by atoms with van der Waals surface area (Å²) in [7, 11) is 0. The first-order chi connectivity index (χ1) is 7.26. The Morgan fingerprint density at radius 3 is 2.73 bits per heavy atom. The van der Waals surface area contributed by atoms with Gasteiger partial charge >= 0.3 is 0 Å². The van der Waals surface area contributed by atoms with E-state index >= 15 is 0 Å². The molecule has 0 unspecified atom stereocenters. The molecule has 1 heterocycles. The van der Waals surface area contributed by atoms with Crippen LogP contribution in [0.15, 0.2) is 9.98 Å². The molecule has 0 saturated carbocycles. The highest BCUT2D eigenvalue weighted by atomic mass is 79.9. The van der Waals surface area contributed by atoms with E-state index in [9.17, 15) is 0 Å². The Bertz CT molecular complexity index is 273. The van der Waals surface area contributed by atoms with E-state index in [4.69, 9.17) is 0 Å². The highest BCUT2D eigenvalue weighted by molar-refractivity contribution is 9.10. The number of anilines is 1. The van der Waals surface area contributed by atoms with Crippen LogP contribution in [-0.4, -0.2) is 36.1 Å². The van der Waals surface area contributed by atoms with Gasteiger partial charge in [-0.2, -0.15) is 0 Å². The van der Waals surface area contributed by atoms with Gasteiger partial charge in [0.05, 0.1) is 0 Å². The first-order valence-corrected chi connectivity index (χ1v) is 7.00. The monoisotopic (exact) mass is 291 g/mol. The molecule has 3 nitrogen and oxygen atoms in total. The lowest BCUT2D eigenvalue weighted by atomic mass is 10.3. The first-order valence-electron chi connectivity index (χ1n) is 5.33. The van der Waals surface area contributed by atoms with Crippen LogP contribution in [0.25, 0.3) is 0 Å². The maximum atomic E-state index is 4.28. The van der Waals surface area contributed by atoms with E-state index in [1.165, 1.54) is 6.42 Å².